The first-order chi connectivity index (χ1) is 22.9. The fraction of sp³-hybridized carbons (Fsp3) is 0.459. The first kappa shape index (κ1) is 34.7. The number of carbonyl (C=O) groups excluding carboxylic acids is 2. The van der Waals surface area contributed by atoms with Gasteiger partial charge in [0, 0.05) is 51.1 Å². The first-order valence-corrected chi connectivity index (χ1v) is 16.6. The van der Waals surface area contributed by atoms with E-state index in [0.717, 1.165) is 72.3 Å². The lowest BCUT2D eigenvalue weighted by atomic mass is 9.98. The minimum Gasteiger partial charge on any atom is -0.392 e. The van der Waals surface area contributed by atoms with Crippen molar-refractivity contribution in [2.75, 3.05) is 26.8 Å². The minimum atomic E-state index is -0.520. The highest BCUT2D eigenvalue weighted by molar-refractivity contribution is 5.76. The Kier molecular flexibility index (Phi) is 12.9. The molecule has 4 N–H and O–H groups in total. The molecule has 10 heteroatoms. The number of likely N-dealkylation sites (tertiary alicyclic amines) is 1. The zero-order chi connectivity index (χ0) is 33.0. The molecule has 2 aliphatic heterocycles. The second-order valence-corrected chi connectivity index (χ2v) is 12.4. The third kappa shape index (κ3) is 9.93. The summed E-state index contributed by atoms with van der Waals surface area (Å²) in [6, 6.07) is 24.7. The highest BCUT2D eigenvalue weighted by Gasteiger charge is 2.35. The van der Waals surface area contributed by atoms with Crippen LogP contribution in [0, 0.1) is 0 Å². The predicted octanol–water partition coefficient (Wildman–Crippen LogP) is 5.18. The number of benzene rings is 3. The molecule has 2 aliphatic rings. The minimum absolute atomic E-state index is 0.00888. The summed E-state index contributed by atoms with van der Waals surface area (Å²) in [7, 11) is 1.76. The summed E-state index contributed by atoms with van der Waals surface area (Å²) in [5, 5.41) is 21.0. The van der Waals surface area contributed by atoms with Crippen LogP contribution in [0.5, 0.6) is 0 Å². The zero-order valence-electron chi connectivity index (χ0n) is 27.1. The van der Waals surface area contributed by atoms with Crippen molar-refractivity contribution < 1.29 is 34.1 Å². The molecule has 0 spiro atoms. The summed E-state index contributed by atoms with van der Waals surface area (Å²) in [4.78, 5) is 25.9. The van der Waals surface area contributed by atoms with Crippen LogP contribution < -0.4 is 10.8 Å². The number of nitrogens with zero attached hydrogens (tertiary/aromatic N) is 1. The zero-order valence-corrected chi connectivity index (χ0v) is 27.1. The Hall–Kier alpha value is -3.64. The molecule has 2 amide bonds. The van der Waals surface area contributed by atoms with Crippen molar-refractivity contribution >= 4 is 11.8 Å². The number of aliphatic hydroxyl groups is 1. The van der Waals surface area contributed by atoms with Crippen LogP contribution in [0.3, 0.4) is 0 Å². The van der Waals surface area contributed by atoms with Crippen LogP contribution in [-0.2, 0) is 37.0 Å². The van der Waals surface area contributed by atoms with E-state index < -0.39 is 12.2 Å². The van der Waals surface area contributed by atoms with Crippen LogP contribution in [0.1, 0.15) is 79.6 Å². The Bertz CT molecular complexity index is 1430. The lowest BCUT2D eigenvalue weighted by Gasteiger charge is -2.38. The van der Waals surface area contributed by atoms with Crippen LogP contribution in [0.25, 0.3) is 11.1 Å². The van der Waals surface area contributed by atoms with Gasteiger partial charge in [0.1, 0.15) is 0 Å². The molecular weight excluding hydrogens is 598 g/mol. The highest BCUT2D eigenvalue weighted by atomic mass is 16.7. The van der Waals surface area contributed by atoms with Crippen molar-refractivity contribution in [3.05, 3.63) is 95.1 Å². The number of hydrogen-bond donors (Lipinski definition) is 4. The van der Waals surface area contributed by atoms with Gasteiger partial charge in [-0.05, 0) is 66.1 Å². The van der Waals surface area contributed by atoms with E-state index in [2.05, 4.69) is 46.6 Å². The lowest BCUT2D eigenvalue weighted by Crippen LogP contribution is -2.42. The molecule has 0 aliphatic carbocycles. The molecule has 252 valence electrons. The van der Waals surface area contributed by atoms with Gasteiger partial charge in [-0.2, -0.15) is 0 Å². The van der Waals surface area contributed by atoms with Crippen molar-refractivity contribution in [3.63, 3.8) is 0 Å². The summed E-state index contributed by atoms with van der Waals surface area (Å²) in [6.07, 6.45) is 4.00. The van der Waals surface area contributed by atoms with Crippen LogP contribution in [0.2, 0.25) is 0 Å². The molecule has 0 bridgehead atoms. The molecule has 4 unspecified atom stereocenters. The van der Waals surface area contributed by atoms with Gasteiger partial charge >= 0.3 is 0 Å². The normalized spacial score (nSPS) is 21.4. The number of rotatable bonds is 15. The summed E-state index contributed by atoms with van der Waals surface area (Å²) in [5.74, 6) is -0.516. The van der Waals surface area contributed by atoms with E-state index in [-0.39, 0.29) is 31.1 Å². The van der Waals surface area contributed by atoms with Crippen molar-refractivity contribution in [2.45, 2.75) is 82.6 Å². The van der Waals surface area contributed by atoms with E-state index >= 15 is 0 Å². The monoisotopic (exact) mass is 645 g/mol. The predicted molar refractivity (Wildman–Crippen MR) is 177 cm³/mol. The van der Waals surface area contributed by atoms with Crippen LogP contribution in [-0.4, -0.2) is 66.0 Å². The highest BCUT2D eigenvalue weighted by Crippen LogP contribution is 2.39. The molecule has 47 heavy (non-hydrogen) atoms. The average molecular weight is 646 g/mol. The molecule has 10 nitrogen and oxygen atoms in total. The molecule has 2 saturated heterocycles. The Morgan fingerprint density at radius 2 is 1.66 bits per heavy atom. The Morgan fingerprint density at radius 3 is 2.38 bits per heavy atom. The number of unbranched alkanes of at least 4 members (excludes halogenated alkanes) is 1. The average Bonchev–Trinajstić information content (AvgIpc) is 3.55. The van der Waals surface area contributed by atoms with E-state index in [0.29, 0.717) is 31.8 Å². The maximum absolute atomic E-state index is 12.3. The third-order valence-electron chi connectivity index (χ3n) is 9.03. The number of amides is 2. The van der Waals surface area contributed by atoms with E-state index in [9.17, 15) is 14.7 Å². The second-order valence-electron chi connectivity index (χ2n) is 12.4. The summed E-state index contributed by atoms with van der Waals surface area (Å²) < 4.78 is 18.7. The Labute approximate surface area is 277 Å². The molecule has 0 radical (unpaired) electrons. The van der Waals surface area contributed by atoms with Crippen molar-refractivity contribution in [2.24, 2.45) is 0 Å². The quantitative estimate of drug-likeness (QED) is 0.101. The van der Waals surface area contributed by atoms with Gasteiger partial charge in [0.2, 0.25) is 11.8 Å². The Morgan fingerprint density at radius 1 is 0.915 bits per heavy atom. The van der Waals surface area contributed by atoms with E-state index in [1.165, 1.54) is 0 Å². The van der Waals surface area contributed by atoms with Gasteiger partial charge in [-0.15, -0.1) is 0 Å². The van der Waals surface area contributed by atoms with Crippen LogP contribution in [0.4, 0.5) is 0 Å². The number of hydrogen-bond acceptors (Lipinski definition) is 8. The number of hydroxylamine groups is 1. The fourth-order valence-corrected chi connectivity index (χ4v) is 6.42. The number of ether oxygens (including phenoxy) is 3. The molecule has 3 aromatic rings. The number of aliphatic hydroxyl groups excluding tert-OH is 1. The van der Waals surface area contributed by atoms with Gasteiger partial charge < -0.3 is 24.6 Å². The van der Waals surface area contributed by atoms with Gasteiger partial charge in [-0.1, -0.05) is 66.7 Å². The number of carbonyl (C=O) groups is 2. The van der Waals surface area contributed by atoms with E-state index in [1.807, 2.05) is 36.4 Å². The van der Waals surface area contributed by atoms with Crippen molar-refractivity contribution in [1.82, 2.24) is 15.7 Å². The van der Waals surface area contributed by atoms with Crippen LogP contribution in [0.15, 0.2) is 72.8 Å². The topological polar surface area (TPSA) is 130 Å². The van der Waals surface area contributed by atoms with E-state index in [1.54, 1.807) is 12.6 Å². The molecule has 4 atom stereocenters. The number of nitrogens with one attached hydrogen (secondary N) is 2. The van der Waals surface area contributed by atoms with E-state index in [4.69, 9.17) is 19.4 Å². The molecule has 2 heterocycles. The second kappa shape index (κ2) is 17.5. The van der Waals surface area contributed by atoms with Crippen LogP contribution >= 0.6 is 0 Å². The molecule has 2 fully saturated rings. The maximum atomic E-state index is 12.3. The van der Waals surface area contributed by atoms with Crippen molar-refractivity contribution in [3.8, 4) is 11.1 Å². The van der Waals surface area contributed by atoms with Gasteiger partial charge in [0.15, 0.2) is 6.29 Å². The summed E-state index contributed by atoms with van der Waals surface area (Å²) >= 11 is 0. The molecule has 0 aromatic heterocycles. The molecule has 0 saturated carbocycles. The first-order valence-electron chi connectivity index (χ1n) is 16.6. The van der Waals surface area contributed by atoms with Gasteiger partial charge in [-0.25, -0.2) is 5.48 Å². The summed E-state index contributed by atoms with van der Waals surface area (Å²) in [6.45, 7) is 3.01. The summed E-state index contributed by atoms with van der Waals surface area (Å²) in [5.41, 5.74) is 7.58. The standard InChI is InChI=1S/C37H47N3O7/c1-45-25-32-8-5-19-40(32)23-33-21-34(29-13-11-26(24-41)12-14-29)47-37(46-33)30-17-15-28(16-18-30)31-7-4-6-27(20-31)22-38-35(42)9-2-3-10-36(43)39-44/h4,6-7,11-18,20,32-34,37,41,44H,2-3,5,8-10,19,21-25H2,1H3,(H,38,42)(H,39,43). The molecular formula is C37H47N3O7. The largest absolute Gasteiger partial charge is 0.392 e. The molecule has 5 rings (SSSR count). The smallest absolute Gasteiger partial charge is 0.243 e. The number of methoxy groups -OCH3 is 1. The Balaban J connectivity index is 1.23. The maximum Gasteiger partial charge on any atom is 0.243 e. The fourth-order valence-electron chi connectivity index (χ4n) is 6.42. The van der Waals surface area contributed by atoms with Gasteiger partial charge in [0.05, 0.1) is 25.4 Å². The van der Waals surface area contributed by atoms with Gasteiger partial charge in [-0.3, -0.25) is 19.7 Å². The molecule has 3 aromatic carbocycles. The third-order valence-corrected chi connectivity index (χ3v) is 9.03. The lowest BCUT2D eigenvalue weighted by molar-refractivity contribution is -0.253. The van der Waals surface area contributed by atoms with Crippen molar-refractivity contribution in [1.29, 1.82) is 0 Å². The SMILES string of the molecule is COCC1CCCN1CC1CC(c2ccc(CO)cc2)OC(c2ccc(-c3cccc(CNC(=O)CCCCC(=O)NO)c3)cc2)O1. The van der Waals surface area contributed by atoms with Gasteiger partial charge in [0.25, 0.3) is 0 Å².